The summed E-state index contributed by atoms with van der Waals surface area (Å²) in [5, 5.41) is 9.50. The SMILES string of the molecule is C=C(N(C)CCCC(=O)CCCCC)N(CCO)/C(=C/CC)N(C)CC. The molecule has 0 amide bonds. The Morgan fingerprint density at radius 3 is 2.19 bits per heavy atom. The number of nitrogens with zero attached hydrogens (tertiary/aromatic N) is 3. The highest BCUT2D eigenvalue weighted by molar-refractivity contribution is 5.78. The van der Waals surface area contributed by atoms with Crippen LogP contribution in [-0.4, -0.2) is 65.9 Å². The molecule has 0 unspecified atom stereocenters. The third kappa shape index (κ3) is 9.27. The fourth-order valence-electron chi connectivity index (χ4n) is 2.84. The van der Waals surface area contributed by atoms with Gasteiger partial charge < -0.3 is 19.8 Å². The summed E-state index contributed by atoms with van der Waals surface area (Å²) in [4.78, 5) is 18.2. The first-order chi connectivity index (χ1) is 12.4. The lowest BCUT2D eigenvalue weighted by molar-refractivity contribution is -0.119. The topological polar surface area (TPSA) is 47.0 Å². The van der Waals surface area contributed by atoms with Gasteiger partial charge in [0.15, 0.2) is 0 Å². The van der Waals surface area contributed by atoms with Crippen molar-refractivity contribution in [3.8, 4) is 0 Å². The van der Waals surface area contributed by atoms with E-state index in [2.05, 4.69) is 48.1 Å². The van der Waals surface area contributed by atoms with Crippen molar-refractivity contribution in [2.45, 2.75) is 65.7 Å². The molecule has 5 heteroatoms. The number of aliphatic hydroxyl groups is 1. The van der Waals surface area contributed by atoms with Crippen molar-refractivity contribution in [3.05, 3.63) is 24.3 Å². The summed E-state index contributed by atoms with van der Waals surface area (Å²) in [6.07, 6.45) is 8.56. The zero-order valence-corrected chi connectivity index (χ0v) is 17.8. The number of allylic oxidation sites excluding steroid dienone is 1. The molecule has 0 saturated carbocycles. The number of hydrogen-bond acceptors (Lipinski definition) is 5. The minimum Gasteiger partial charge on any atom is -0.395 e. The lowest BCUT2D eigenvalue weighted by Gasteiger charge is -2.38. The molecule has 0 aromatic heterocycles. The zero-order chi connectivity index (χ0) is 19.9. The second-order valence-electron chi connectivity index (χ2n) is 6.80. The Hall–Kier alpha value is -1.49. The third-order valence-corrected chi connectivity index (χ3v) is 4.61. The van der Waals surface area contributed by atoms with Crippen LogP contribution >= 0.6 is 0 Å². The van der Waals surface area contributed by atoms with E-state index in [-0.39, 0.29) is 6.61 Å². The van der Waals surface area contributed by atoms with Crippen molar-refractivity contribution in [1.82, 2.24) is 14.7 Å². The molecule has 0 aliphatic carbocycles. The molecule has 0 fully saturated rings. The van der Waals surface area contributed by atoms with Crippen LogP contribution in [0.2, 0.25) is 0 Å². The quantitative estimate of drug-likeness (QED) is 0.420. The smallest absolute Gasteiger partial charge is 0.132 e. The molecule has 0 atom stereocenters. The van der Waals surface area contributed by atoms with Crippen LogP contribution in [0.5, 0.6) is 0 Å². The van der Waals surface area contributed by atoms with Gasteiger partial charge in [0, 0.05) is 46.6 Å². The van der Waals surface area contributed by atoms with Crippen molar-refractivity contribution < 1.29 is 9.90 Å². The Morgan fingerprint density at radius 1 is 1.00 bits per heavy atom. The highest BCUT2D eigenvalue weighted by Gasteiger charge is 2.18. The Balaban J connectivity index is 4.71. The minimum absolute atomic E-state index is 0.0708. The van der Waals surface area contributed by atoms with E-state index in [9.17, 15) is 9.90 Å². The molecule has 0 saturated heterocycles. The number of ketones is 1. The van der Waals surface area contributed by atoms with Gasteiger partial charge in [-0.2, -0.15) is 0 Å². The Labute approximate surface area is 161 Å². The summed E-state index contributed by atoms with van der Waals surface area (Å²) >= 11 is 0. The third-order valence-electron chi connectivity index (χ3n) is 4.61. The Morgan fingerprint density at radius 2 is 1.65 bits per heavy atom. The van der Waals surface area contributed by atoms with Gasteiger partial charge in [-0.05, 0) is 32.3 Å². The molecule has 0 aromatic rings. The molecule has 0 bridgehead atoms. The van der Waals surface area contributed by atoms with Gasteiger partial charge in [-0.15, -0.1) is 0 Å². The summed E-state index contributed by atoms with van der Waals surface area (Å²) in [6.45, 7) is 12.9. The van der Waals surface area contributed by atoms with Gasteiger partial charge in [0.05, 0.1) is 6.61 Å². The predicted molar refractivity (Wildman–Crippen MR) is 111 cm³/mol. The van der Waals surface area contributed by atoms with Gasteiger partial charge >= 0.3 is 0 Å². The van der Waals surface area contributed by atoms with E-state index in [1.807, 2.05) is 14.1 Å². The fourth-order valence-corrected chi connectivity index (χ4v) is 2.84. The van der Waals surface area contributed by atoms with Crippen LogP contribution in [-0.2, 0) is 4.79 Å². The lowest BCUT2D eigenvalue weighted by Crippen LogP contribution is -2.39. The first-order valence-corrected chi connectivity index (χ1v) is 10.1. The first-order valence-electron chi connectivity index (χ1n) is 10.1. The highest BCUT2D eigenvalue weighted by atomic mass is 16.3. The Bertz CT molecular complexity index is 435. The van der Waals surface area contributed by atoms with Crippen molar-refractivity contribution in [2.24, 2.45) is 0 Å². The molecule has 0 aliphatic rings. The number of rotatable bonds is 16. The average molecular weight is 368 g/mol. The van der Waals surface area contributed by atoms with Crippen molar-refractivity contribution in [2.75, 3.05) is 40.3 Å². The molecule has 0 aromatic carbocycles. The van der Waals surface area contributed by atoms with Crippen LogP contribution in [0.25, 0.3) is 0 Å². The van der Waals surface area contributed by atoms with Gasteiger partial charge in [-0.1, -0.05) is 33.3 Å². The van der Waals surface area contributed by atoms with Crippen LogP contribution in [0, 0.1) is 0 Å². The summed E-state index contributed by atoms with van der Waals surface area (Å²) in [7, 11) is 4.05. The van der Waals surface area contributed by atoms with Crippen LogP contribution < -0.4 is 0 Å². The number of hydrogen-bond donors (Lipinski definition) is 1. The summed E-state index contributed by atoms with van der Waals surface area (Å²) < 4.78 is 0. The molecule has 1 N–H and O–H groups in total. The maximum Gasteiger partial charge on any atom is 0.132 e. The normalized spacial score (nSPS) is 11.4. The van der Waals surface area contributed by atoms with Crippen LogP contribution in [0.3, 0.4) is 0 Å². The largest absolute Gasteiger partial charge is 0.395 e. The Kier molecular flexibility index (Phi) is 13.8. The monoisotopic (exact) mass is 367 g/mol. The molecule has 0 aliphatic heterocycles. The minimum atomic E-state index is 0.0708. The predicted octanol–water partition coefficient (Wildman–Crippen LogP) is 3.82. The number of carbonyl (C=O) groups is 1. The lowest BCUT2D eigenvalue weighted by atomic mass is 10.1. The number of carbonyl (C=O) groups excluding carboxylic acids is 1. The van der Waals surface area contributed by atoms with Crippen molar-refractivity contribution >= 4 is 5.78 Å². The molecule has 0 rings (SSSR count). The average Bonchev–Trinajstić information content (AvgIpc) is 2.63. The highest BCUT2D eigenvalue weighted by Crippen LogP contribution is 2.18. The van der Waals surface area contributed by atoms with Gasteiger partial charge in [0.25, 0.3) is 0 Å². The zero-order valence-electron chi connectivity index (χ0n) is 17.8. The fraction of sp³-hybridized carbons (Fsp3) is 0.762. The van der Waals surface area contributed by atoms with E-state index in [0.29, 0.717) is 25.2 Å². The maximum atomic E-state index is 11.9. The van der Waals surface area contributed by atoms with Crippen molar-refractivity contribution in [3.63, 3.8) is 0 Å². The van der Waals surface area contributed by atoms with E-state index < -0.39 is 0 Å². The van der Waals surface area contributed by atoms with Crippen molar-refractivity contribution in [1.29, 1.82) is 0 Å². The van der Waals surface area contributed by atoms with Gasteiger partial charge in [-0.3, -0.25) is 4.79 Å². The van der Waals surface area contributed by atoms with Crippen LogP contribution in [0.15, 0.2) is 24.3 Å². The summed E-state index contributed by atoms with van der Waals surface area (Å²) in [5.74, 6) is 2.29. The van der Waals surface area contributed by atoms with E-state index in [0.717, 1.165) is 56.8 Å². The van der Waals surface area contributed by atoms with Gasteiger partial charge in [0.1, 0.15) is 17.4 Å². The van der Waals surface area contributed by atoms with Crippen LogP contribution in [0.4, 0.5) is 0 Å². The summed E-state index contributed by atoms with van der Waals surface area (Å²) in [5.41, 5.74) is 0. The molecule has 26 heavy (non-hydrogen) atoms. The first kappa shape index (κ1) is 24.5. The molecular formula is C21H41N3O2. The van der Waals surface area contributed by atoms with E-state index in [1.54, 1.807) is 0 Å². The van der Waals surface area contributed by atoms with Gasteiger partial charge in [-0.25, -0.2) is 0 Å². The maximum absolute atomic E-state index is 11.9. The molecule has 5 nitrogen and oxygen atoms in total. The van der Waals surface area contributed by atoms with E-state index >= 15 is 0 Å². The number of Topliss-reactive ketones (excluding diaryl/α,β-unsaturated/α-hetero) is 1. The van der Waals surface area contributed by atoms with E-state index in [4.69, 9.17) is 0 Å². The molecule has 152 valence electrons. The number of unbranched alkanes of at least 4 members (excludes halogenated alkanes) is 2. The second kappa shape index (κ2) is 14.7. The second-order valence-corrected chi connectivity index (χ2v) is 6.80. The molecule has 0 heterocycles. The summed E-state index contributed by atoms with van der Waals surface area (Å²) in [6, 6.07) is 0. The standard InChI is InChI=1S/C21H41N3O2/c1-7-10-11-14-20(26)15-12-16-23(6)19(4)24(17-18-25)21(13-8-2)22(5)9-3/h13,25H,4,7-12,14-18H2,1-3,5-6H3/b21-13+. The molecular weight excluding hydrogens is 326 g/mol. The molecule has 0 spiro atoms. The molecule has 0 radical (unpaired) electrons. The van der Waals surface area contributed by atoms with E-state index in [1.165, 1.54) is 0 Å². The van der Waals surface area contributed by atoms with Crippen LogP contribution in [0.1, 0.15) is 65.7 Å². The number of aliphatic hydroxyl groups excluding tert-OH is 1. The van der Waals surface area contributed by atoms with Gasteiger partial charge in [0.2, 0.25) is 0 Å².